The molecule has 0 unspecified atom stereocenters. The topological polar surface area (TPSA) is 172 Å². The molecule has 0 radical (unpaired) electrons. The molecule has 0 spiro atoms. The van der Waals surface area contributed by atoms with Crippen LogP contribution in [-0.4, -0.2) is 98.6 Å². The van der Waals surface area contributed by atoms with E-state index >= 15 is 0 Å². The maximum absolute atomic E-state index is 13.9. The number of hydrogen-bond donors (Lipinski definition) is 4. The van der Waals surface area contributed by atoms with Crippen LogP contribution in [0.15, 0.2) is 54.6 Å². The third-order valence-electron chi connectivity index (χ3n) is 12.2. The van der Waals surface area contributed by atoms with Gasteiger partial charge in [0.2, 0.25) is 0 Å². The first-order chi connectivity index (χ1) is 28.5. The van der Waals surface area contributed by atoms with E-state index in [2.05, 4.69) is 21.3 Å². The zero-order chi connectivity index (χ0) is 43.5. The van der Waals surface area contributed by atoms with Crippen molar-refractivity contribution in [2.45, 2.75) is 44.7 Å². The molecule has 324 valence electrons. The number of carbonyl (C=O) groups excluding carboxylic acids is 4. The molecule has 17 heteroatoms. The van der Waals surface area contributed by atoms with Crippen molar-refractivity contribution in [2.24, 2.45) is 21.7 Å². The number of methoxy groups -OCH3 is 6. The molecular formula is C43H51F3N4O10. The fourth-order valence-electron chi connectivity index (χ4n) is 10.9. The van der Waals surface area contributed by atoms with E-state index in [0.29, 0.717) is 55.8 Å². The zero-order valence-corrected chi connectivity index (χ0v) is 34.5. The molecule has 0 aliphatic heterocycles. The summed E-state index contributed by atoms with van der Waals surface area (Å²) >= 11 is 0. The van der Waals surface area contributed by atoms with Crippen LogP contribution in [0.1, 0.15) is 69.6 Å². The van der Waals surface area contributed by atoms with Gasteiger partial charge < -0.3 is 49.7 Å². The van der Waals surface area contributed by atoms with Crippen molar-refractivity contribution in [1.82, 2.24) is 21.3 Å². The maximum Gasteiger partial charge on any atom is 0.471 e. The third kappa shape index (κ3) is 8.57. The number of halogens is 3. The molecule has 4 aliphatic rings. The Kier molecular flexibility index (Phi) is 12.4. The summed E-state index contributed by atoms with van der Waals surface area (Å²) < 4.78 is 73.9. The van der Waals surface area contributed by atoms with Crippen molar-refractivity contribution in [2.75, 3.05) is 68.8 Å². The highest BCUT2D eigenvalue weighted by molar-refractivity contribution is 5.99. The highest BCUT2D eigenvalue weighted by Crippen LogP contribution is 2.73. The van der Waals surface area contributed by atoms with E-state index in [9.17, 15) is 32.3 Å². The second-order valence-electron chi connectivity index (χ2n) is 16.4. The van der Waals surface area contributed by atoms with E-state index in [-0.39, 0.29) is 60.1 Å². The van der Waals surface area contributed by atoms with Crippen LogP contribution >= 0.6 is 0 Å². The second kappa shape index (κ2) is 17.0. The Morgan fingerprint density at radius 2 is 0.733 bits per heavy atom. The molecule has 0 atom stereocenters. The fourth-order valence-corrected chi connectivity index (χ4v) is 10.9. The van der Waals surface area contributed by atoms with E-state index in [4.69, 9.17) is 28.4 Å². The molecule has 4 amide bonds. The zero-order valence-electron chi connectivity index (χ0n) is 34.5. The van der Waals surface area contributed by atoms with Crippen LogP contribution < -0.4 is 49.7 Å². The van der Waals surface area contributed by atoms with Gasteiger partial charge in [0, 0.05) is 26.2 Å². The van der Waals surface area contributed by atoms with Crippen molar-refractivity contribution in [3.05, 3.63) is 71.3 Å². The van der Waals surface area contributed by atoms with Gasteiger partial charge in [0.05, 0.1) is 59.3 Å². The predicted molar refractivity (Wildman–Crippen MR) is 212 cm³/mol. The van der Waals surface area contributed by atoms with Crippen molar-refractivity contribution in [3.63, 3.8) is 0 Å². The van der Waals surface area contributed by atoms with Gasteiger partial charge in [-0.15, -0.1) is 0 Å². The van der Waals surface area contributed by atoms with Gasteiger partial charge in [-0.05, 0) is 96.6 Å². The number of carbonyl (C=O) groups is 4. The number of benzene rings is 3. The first-order valence-electron chi connectivity index (χ1n) is 19.4. The summed E-state index contributed by atoms with van der Waals surface area (Å²) in [5.41, 5.74) is -2.53. The van der Waals surface area contributed by atoms with Gasteiger partial charge in [-0.1, -0.05) is 18.2 Å². The molecule has 0 aromatic heterocycles. The molecular weight excluding hydrogens is 789 g/mol. The lowest BCUT2D eigenvalue weighted by Crippen LogP contribution is -2.68. The highest BCUT2D eigenvalue weighted by atomic mass is 19.4. The van der Waals surface area contributed by atoms with Crippen molar-refractivity contribution in [1.29, 1.82) is 0 Å². The lowest BCUT2D eigenvalue weighted by Gasteiger charge is -2.71. The quantitative estimate of drug-likeness (QED) is 0.139. The number of rotatable bonds is 17. The van der Waals surface area contributed by atoms with Crippen LogP contribution in [0.4, 0.5) is 13.2 Å². The van der Waals surface area contributed by atoms with Gasteiger partial charge in [0.25, 0.3) is 17.7 Å². The van der Waals surface area contributed by atoms with Gasteiger partial charge >= 0.3 is 12.1 Å². The third-order valence-corrected chi connectivity index (χ3v) is 12.2. The Morgan fingerprint density at radius 1 is 0.467 bits per heavy atom. The molecule has 4 N–H and O–H groups in total. The Balaban J connectivity index is 1.39. The average molecular weight is 841 g/mol. The van der Waals surface area contributed by atoms with Crippen molar-refractivity contribution in [3.8, 4) is 34.5 Å². The SMILES string of the molecule is COc1cccc(C(=O)NCC23CC4(CNC(=O)c5cccc(OC)c5OC)CC(CNC(=O)c5cccc(OC)c5OC)(C2)CC(CNC(=O)C(F)(F)F)(C3)C4)c1OC. The summed E-state index contributed by atoms with van der Waals surface area (Å²) in [7, 11) is 8.63. The Hall–Kier alpha value is -5.87. The smallest absolute Gasteiger partial charge is 0.471 e. The van der Waals surface area contributed by atoms with E-state index in [1.165, 1.54) is 42.7 Å². The fraction of sp³-hybridized carbons (Fsp3) is 0.488. The summed E-state index contributed by atoms with van der Waals surface area (Å²) in [5.74, 6) is -1.69. The van der Waals surface area contributed by atoms with E-state index < -0.39 is 51.5 Å². The molecule has 0 saturated heterocycles. The number of ether oxygens (including phenoxy) is 6. The number of nitrogens with one attached hydrogen (secondary N) is 4. The monoisotopic (exact) mass is 840 g/mol. The standard InChI is InChI=1S/C43H51F3N4O10/c1-55-29-13-7-10-26(32(29)58-4)35(51)47-22-39-16-40(23-48-36(52)27-11-8-14-30(56-2)33(27)59-5)18-41(17-39,21-42(19-39,20-40)25-50-38(54)43(44,45)46)24-49-37(53)28-12-9-15-31(57-3)34(28)60-6/h7-15H,16-25H2,1-6H3,(H,47,51)(H,48,52)(H,49,53)(H,50,54). The van der Waals surface area contributed by atoms with Crippen LogP contribution in [0.25, 0.3) is 0 Å². The largest absolute Gasteiger partial charge is 0.493 e. The van der Waals surface area contributed by atoms with E-state index in [1.807, 2.05) is 0 Å². The minimum absolute atomic E-state index is 0.0972. The molecule has 14 nitrogen and oxygen atoms in total. The summed E-state index contributed by atoms with van der Waals surface area (Å²) in [5, 5.41) is 11.4. The van der Waals surface area contributed by atoms with Gasteiger partial charge in [0.1, 0.15) is 0 Å². The van der Waals surface area contributed by atoms with Gasteiger partial charge in [0.15, 0.2) is 34.5 Å². The normalized spacial score (nSPS) is 23.8. The summed E-state index contributed by atoms with van der Waals surface area (Å²) in [4.78, 5) is 54.2. The molecule has 7 rings (SSSR count). The molecule has 4 saturated carbocycles. The van der Waals surface area contributed by atoms with Crippen LogP contribution in [0.3, 0.4) is 0 Å². The van der Waals surface area contributed by atoms with Crippen LogP contribution in [0.5, 0.6) is 34.5 Å². The van der Waals surface area contributed by atoms with Crippen molar-refractivity contribution < 1.29 is 60.8 Å². The minimum Gasteiger partial charge on any atom is -0.493 e. The average Bonchev–Trinajstić information content (AvgIpc) is 3.23. The molecule has 4 fully saturated rings. The Labute approximate surface area is 346 Å². The first-order valence-corrected chi connectivity index (χ1v) is 19.4. The maximum atomic E-state index is 13.9. The van der Waals surface area contributed by atoms with Gasteiger partial charge in [-0.3, -0.25) is 19.2 Å². The molecule has 4 aliphatic carbocycles. The van der Waals surface area contributed by atoms with E-state index in [0.717, 1.165) is 0 Å². The number of para-hydroxylation sites is 3. The minimum atomic E-state index is -5.12. The second-order valence-corrected chi connectivity index (χ2v) is 16.4. The number of hydrogen-bond acceptors (Lipinski definition) is 10. The summed E-state index contributed by atoms with van der Waals surface area (Å²) in [6.45, 7) is -0.0243. The Morgan fingerprint density at radius 3 is 0.967 bits per heavy atom. The molecule has 3 aromatic rings. The lowest BCUT2D eigenvalue weighted by atomic mass is 9.35. The van der Waals surface area contributed by atoms with Crippen LogP contribution in [0, 0.1) is 21.7 Å². The highest BCUT2D eigenvalue weighted by Gasteiger charge is 2.68. The van der Waals surface area contributed by atoms with Crippen LogP contribution in [-0.2, 0) is 4.79 Å². The molecule has 0 heterocycles. The number of amides is 4. The number of alkyl halides is 3. The molecule has 3 aromatic carbocycles. The Bertz CT molecular complexity index is 1910. The first kappa shape index (κ1) is 43.7. The molecule has 4 bridgehead atoms. The summed E-state index contributed by atoms with van der Waals surface area (Å²) in [6.07, 6.45) is -2.64. The van der Waals surface area contributed by atoms with Gasteiger partial charge in [-0.2, -0.15) is 13.2 Å². The van der Waals surface area contributed by atoms with Crippen LogP contribution in [0.2, 0.25) is 0 Å². The van der Waals surface area contributed by atoms with Gasteiger partial charge in [-0.25, -0.2) is 0 Å². The van der Waals surface area contributed by atoms with E-state index in [1.54, 1.807) is 54.6 Å². The van der Waals surface area contributed by atoms with Crippen molar-refractivity contribution >= 4 is 23.6 Å². The summed E-state index contributed by atoms with van der Waals surface area (Å²) in [6, 6.07) is 14.7. The predicted octanol–water partition coefficient (Wildman–Crippen LogP) is 5.33. The molecule has 60 heavy (non-hydrogen) atoms. The lowest BCUT2D eigenvalue weighted by molar-refractivity contribution is -0.198.